The van der Waals surface area contributed by atoms with Gasteiger partial charge in [0.05, 0.1) is 10.9 Å². The molecule has 1 unspecified atom stereocenters. The van der Waals surface area contributed by atoms with Crippen molar-refractivity contribution >= 4 is 16.1 Å². The Kier molecular flexibility index (Phi) is 3.40. The summed E-state index contributed by atoms with van der Waals surface area (Å²) in [5.41, 5.74) is 0.626. The van der Waals surface area contributed by atoms with Crippen molar-refractivity contribution in [1.82, 2.24) is 14.1 Å². The zero-order chi connectivity index (χ0) is 17.1. The van der Waals surface area contributed by atoms with Crippen LogP contribution in [0.3, 0.4) is 0 Å². The van der Waals surface area contributed by atoms with E-state index in [9.17, 15) is 13.2 Å². The second kappa shape index (κ2) is 5.25. The first kappa shape index (κ1) is 15.5. The van der Waals surface area contributed by atoms with Crippen LogP contribution in [0.1, 0.15) is 5.56 Å². The van der Waals surface area contributed by atoms with Crippen LogP contribution in [0.5, 0.6) is 11.5 Å². The number of benzene rings is 1. The molecule has 1 aromatic rings. The normalized spacial score (nSPS) is 23.8. The maximum absolute atomic E-state index is 13.1. The van der Waals surface area contributed by atoms with Gasteiger partial charge in [-0.1, -0.05) is 0 Å². The largest absolute Gasteiger partial charge is 0.454 e. The summed E-state index contributed by atoms with van der Waals surface area (Å²) in [6, 6.07) is 3.10. The van der Waals surface area contributed by atoms with Crippen molar-refractivity contribution in [1.29, 1.82) is 0 Å². The second-order valence-electron chi connectivity index (χ2n) is 6.34. The smallest absolute Gasteiger partial charge is 0.320 e. The van der Waals surface area contributed by atoms with Gasteiger partial charge in [0.2, 0.25) is 16.8 Å². The predicted molar refractivity (Wildman–Crippen MR) is 84.6 cm³/mol. The molecule has 0 radical (unpaired) electrons. The molecule has 9 heteroatoms. The summed E-state index contributed by atoms with van der Waals surface area (Å²) in [5, 5.41) is 0. The fraction of sp³-hybridized carbons (Fsp3) is 0.533. The highest BCUT2D eigenvalue weighted by molar-refractivity contribution is 7.89. The van der Waals surface area contributed by atoms with Gasteiger partial charge in [0.1, 0.15) is 0 Å². The Balaban J connectivity index is 1.63. The first-order chi connectivity index (χ1) is 11.4. The quantitative estimate of drug-likeness (QED) is 0.772. The SMILES string of the molecule is Cc1cc2c(cc1S(=O)(=O)N1CCN3C(=O)N(C)CC3C1)OCO2. The third kappa shape index (κ3) is 2.22. The fourth-order valence-corrected chi connectivity index (χ4v) is 5.20. The second-order valence-corrected chi connectivity index (χ2v) is 8.25. The molecule has 8 nitrogen and oxygen atoms in total. The molecule has 3 aliphatic heterocycles. The van der Waals surface area contributed by atoms with Crippen molar-refractivity contribution in [3.8, 4) is 11.5 Å². The molecule has 130 valence electrons. The Labute approximate surface area is 140 Å². The molecule has 3 aliphatic rings. The average Bonchev–Trinajstić information content (AvgIpc) is 3.10. The van der Waals surface area contributed by atoms with Crippen LogP contribution in [0.4, 0.5) is 4.79 Å². The van der Waals surface area contributed by atoms with Gasteiger partial charge in [0.25, 0.3) is 0 Å². The number of aryl methyl sites for hydroxylation is 1. The number of nitrogens with zero attached hydrogens (tertiary/aromatic N) is 3. The molecule has 0 aromatic heterocycles. The van der Waals surface area contributed by atoms with E-state index in [0.717, 1.165) is 0 Å². The first-order valence-corrected chi connectivity index (χ1v) is 9.24. The number of piperazine rings is 1. The molecule has 24 heavy (non-hydrogen) atoms. The maximum Gasteiger partial charge on any atom is 0.320 e. The number of likely N-dealkylation sites (N-methyl/N-ethyl adjacent to an activating group) is 1. The lowest BCUT2D eigenvalue weighted by Gasteiger charge is -2.35. The van der Waals surface area contributed by atoms with Gasteiger partial charge in [0.15, 0.2) is 11.5 Å². The lowest BCUT2D eigenvalue weighted by atomic mass is 10.2. The summed E-state index contributed by atoms with van der Waals surface area (Å²) >= 11 is 0. The van der Waals surface area contributed by atoms with Crippen LogP contribution >= 0.6 is 0 Å². The van der Waals surface area contributed by atoms with Crippen molar-refractivity contribution in [3.05, 3.63) is 17.7 Å². The highest BCUT2D eigenvalue weighted by atomic mass is 32.2. The molecule has 1 atom stereocenters. The van der Waals surface area contributed by atoms with E-state index in [1.165, 1.54) is 10.4 Å². The third-order valence-corrected chi connectivity index (χ3v) is 6.80. The highest BCUT2D eigenvalue weighted by Crippen LogP contribution is 2.37. The van der Waals surface area contributed by atoms with Gasteiger partial charge in [-0.25, -0.2) is 13.2 Å². The lowest BCUT2D eigenvalue weighted by Crippen LogP contribution is -2.53. The van der Waals surface area contributed by atoms with E-state index in [4.69, 9.17) is 9.47 Å². The Bertz CT molecular complexity index is 810. The van der Waals surface area contributed by atoms with Crippen molar-refractivity contribution < 1.29 is 22.7 Å². The minimum Gasteiger partial charge on any atom is -0.454 e. The van der Waals surface area contributed by atoms with Crippen molar-refractivity contribution in [2.75, 3.05) is 40.0 Å². The van der Waals surface area contributed by atoms with Gasteiger partial charge in [-0.15, -0.1) is 0 Å². The maximum atomic E-state index is 13.1. The molecule has 4 rings (SSSR count). The zero-order valence-corrected chi connectivity index (χ0v) is 14.4. The van der Waals surface area contributed by atoms with E-state index in [1.807, 2.05) is 0 Å². The van der Waals surface area contributed by atoms with Gasteiger partial charge < -0.3 is 19.3 Å². The predicted octanol–water partition coefficient (Wildman–Crippen LogP) is 0.464. The van der Waals surface area contributed by atoms with Crippen LogP contribution in [0.15, 0.2) is 17.0 Å². The number of ether oxygens (including phenoxy) is 2. The summed E-state index contributed by atoms with van der Waals surface area (Å²) in [5.74, 6) is 1.02. The van der Waals surface area contributed by atoms with E-state index in [-0.39, 0.29) is 23.8 Å². The van der Waals surface area contributed by atoms with E-state index < -0.39 is 10.0 Å². The summed E-state index contributed by atoms with van der Waals surface area (Å²) < 4.78 is 38.2. The number of hydrogen-bond donors (Lipinski definition) is 0. The molecule has 2 amide bonds. The number of carbonyl (C=O) groups is 1. The van der Waals surface area contributed by atoms with Crippen molar-refractivity contribution in [2.24, 2.45) is 0 Å². The van der Waals surface area contributed by atoms with Crippen molar-refractivity contribution in [3.63, 3.8) is 0 Å². The van der Waals surface area contributed by atoms with E-state index >= 15 is 0 Å². The number of amides is 2. The van der Waals surface area contributed by atoms with Crippen LogP contribution < -0.4 is 9.47 Å². The van der Waals surface area contributed by atoms with E-state index in [1.54, 1.807) is 29.8 Å². The summed E-state index contributed by atoms with van der Waals surface area (Å²) in [6.07, 6.45) is 0. The number of fused-ring (bicyclic) bond motifs is 2. The summed E-state index contributed by atoms with van der Waals surface area (Å²) in [7, 11) is -1.91. The summed E-state index contributed by atoms with van der Waals surface area (Å²) in [4.78, 5) is 15.6. The minimum absolute atomic E-state index is 0.0312. The first-order valence-electron chi connectivity index (χ1n) is 7.80. The van der Waals surface area contributed by atoms with Crippen LogP contribution in [-0.4, -0.2) is 74.6 Å². The van der Waals surface area contributed by atoms with E-state index in [2.05, 4.69) is 0 Å². The average molecular weight is 353 g/mol. The molecule has 2 fully saturated rings. The number of urea groups is 1. The number of hydrogen-bond acceptors (Lipinski definition) is 5. The topological polar surface area (TPSA) is 79.4 Å². The van der Waals surface area contributed by atoms with Gasteiger partial charge in [-0.05, 0) is 18.6 Å². The third-order valence-electron chi connectivity index (χ3n) is 4.79. The molecular weight excluding hydrogens is 334 g/mol. The fourth-order valence-electron chi connectivity index (χ4n) is 3.51. The molecule has 0 bridgehead atoms. The van der Waals surface area contributed by atoms with Gasteiger partial charge in [-0.3, -0.25) is 0 Å². The number of sulfonamides is 1. The van der Waals surface area contributed by atoms with Gasteiger partial charge in [0, 0.05) is 39.3 Å². The van der Waals surface area contributed by atoms with E-state index in [0.29, 0.717) is 43.2 Å². The van der Waals surface area contributed by atoms with Gasteiger partial charge >= 0.3 is 6.03 Å². The standard InChI is InChI=1S/C15H19N3O5S/c1-10-5-12-13(23-9-22-12)6-14(10)24(20,21)17-3-4-18-11(8-17)7-16(2)15(18)19/h5-6,11H,3-4,7-9H2,1-2H3. The number of rotatable bonds is 2. The van der Waals surface area contributed by atoms with Crippen LogP contribution in [0.25, 0.3) is 0 Å². The van der Waals surface area contributed by atoms with Crippen molar-refractivity contribution in [2.45, 2.75) is 17.9 Å². The van der Waals surface area contributed by atoms with Crippen LogP contribution in [0.2, 0.25) is 0 Å². The molecule has 0 spiro atoms. The summed E-state index contributed by atoms with van der Waals surface area (Å²) in [6.45, 7) is 3.42. The van der Waals surface area contributed by atoms with Gasteiger partial charge in [-0.2, -0.15) is 4.31 Å². The molecular formula is C15H19N3O5S. The Morgan fingerprint density at radius 3 is 2.58 bits per heavy atom. The molecule has 1 aromatic carbocycles. The molecule has 0 aliphatic carbocycles. The molecule has 0 N–H and O–H groups in total. The Hall–Kier alpha value is -2.00. The lowest BCUT2D eigenvalue weighted by molar-refractivity contribution is 0.161. The Morgan fingerprint density at radius 1 is 1.12 bits per heavy atom. The zero-order valence-electron chi connectivity index (χ0n) is 13.6. The molecule has 2 saturated heterocycles. The minimum atomic E-state index is -3.65. The highest BCUT2D eigenvalue weighted by Gasteiger charge is 2.42. The molecule has 3 heterocycles. The Morgan fingerprint density at radius 2 is 1.83 bits per heavy atom. The molecule has 0 saturated carbocycles. The monoisotopic (exact) mass is 353 g/mol. The van der Waals surface area contributed by atoms with Crippen LogP contribution in [-0.2, 0) is 10.0 Å². The number of carbonyl (C=O) groups excluding carboxylic acids is 1. The van der Waals surface area contributed by atoms with Crippen LogP contribution in [0, 0.1) is 6.92 Å².